The van der Waals surface area contributed by atoms with E-state index in [1.807, 2.05) is 6.92 Å². The highest BCUT2D eigenvalue weighted by Gasteiger charge is 2.45. The molecule has 0 bridgehead atoms. The van der Waals surface area contributed by atoms with Crippen molar-refractivity contribution in [3.63, 3.8) is 0 Å². The van der Waals surface area contributed by atoms with Crippen LogP contribution in [0.25, 0.3) is 0 Å². The van der Waals surface area contributed by atoms with Crippen LogP contribution in [0.15, 0.2) is 0 Å². The fourth-order valence-corrected chi connectivity index (χ4v) is 3.82. The first-order valence-corrected chi connectivity index (χ1v) is 7.77. The molecule has 2 aliphatic rings. The van der Waals surface area contributed by atoms with Crippen LogP contribution in [0.5, 0.6) is 0 Å². The smallest absolute Gasteiger partial charge is 0.168 e. The number of hydrogen-bond acceptors (Lipinski definition) is 2. The maximum atomic E-state index is 5.86. The van der Waals surface area contributed by atoms with Crippen molar-refractivity contribution in [2.24, 2.45) is 11.3 Å². The topological polar surface area (TPSA) is 18.5 Å². The Bertz CT molecular complexity index is 332. The minimum absolute atomic E-state index is 0.225. The van der Waals surface area contributed by atoms with Gasteiger partial charge >= 0.3 is 0 Å². The van der Waals surface area contributed by atoms with E-state index in [1.54, 1.807) is 0 Å². The van der Waals surface area contributed by atoms with Gasteiger partial charge in [-0.25, -0.2) is 0 Å². The summed E-state index contributed by atoms with van der Waals surface area (Å²) in [6, 6.07) is 0. The summed E-state index contributed by atoms with van der Waals surface area (Å²) in [7, 11) is 0. The van der Waals surface area contributed by atoms with Crippen molar-refractivity contribution < 1.29 is 9.47 Å². The fraction of sp³-hybridized carbons (Fsp3) is 0.882. The Morgan fingerprint density at radius 2 is 1.68 bits per heavy atom. The summed E-state index contributed by atoms with van der Waals surface area (Å²) >= 11 is 0. The van der Waals surface area contributed by atoms with Gasteiger partial charge in [0.05, 0.1) is 13.2 Å². The van der Waals surface area contributed by atoms with E-state index < -0.39 is 0 Å². The Labute approximate surface area is 118 Å². The molecule has 1 saturated heterocycles. The van der Waals surface area contributed by atoms with Gasteiger partial charge < -0.3 is 9.47 Å². The highest BCUT2D eigenvalue weighted by Crippen LogP contribution is 2.50. The van der Waals surface area contributed by atoms with Crippen molar-refractivity contribution in [1.82, 2.24) is 0 Å². The molecule has 0 amide bonds. The molecule has 0 unspecified atom stereocenters. The van der Waals surface area contributed by atoms with Gasteiger partial charge in [0.15, 0.2) is 5.79 Å². The summed E-state index contributed by atoms with van der Waals surface area (Å²) in [6.45, 7) is 8.16. The average molecular weight is 264 g/mol. The van der Waals surface area contributed by atoms with Crippen molar-refractivity contribution in [3.8, 4) is 11.8 Å². The Morgan fingerprint density at radius 1 is 1.05 bits per heavy atom. The highest BCUT2D eigenvalue weighted by molar-refractivity contribution is 4.99. The lowest BCUT2D eigenvalue weighted by Crippen LogP contribution is -2.40. The maximum absolute atomic E-state index is 5.86. The predicted octanol–water partition coefficient (Wildman–Crippen LogP) is 4.14. The molecule has 2 heteroatoms. The molecule has 0 atom stereocenters. The number of hydrogen-bond donors (Lipinski definition) is 0. The summed E-state index contributed by atoms with van der Waals surface area (Å²) in [6.07, 6.45) is 8.19. The number of rotatable bonds is 4. The zero-order valence-corrected chi connectivity index (χ0v) is 12.8. The summed E-state index contributed by atoms with van der Waals surface area (Å²) in [5.74, 6) is 6.80. The third-order valence-electron chi connectivity index (χ3n) is 4.68. The second-order valence-corrected chi connectivity index (χ2v) is 6.63. The van der Waals surface area contributed by atoms with E-state index >= 15 is 0 Å². The maximum Gasteiger partial charge on any atom is 0.168 e. The lowest BCUT2D eigenvalue weighted by atomic mass is 9.65. The molecule has 0 aromatic heterocycles. The Morgan fingerprint density at radius 3 is 2.21 bits per heavy atom. The third kappa shape index (κ3) is 3.74. The van der Waals surface area contributed by atoms with Crippen LogP contribution in [-0.2, 0) is 9.47 Å². The lowest BCUT2D eigenvalue weighted by Gasteiger charge is -2.44. The number of ether oxygens (including phenoxy) is 2. The zero-order valence-electron chi connectivity index (χ0n) is 12.8. The largest absolute Gasteiger partial charge is 0.348 e. The zero-order chi connectivity index (χ0) is 13.8. The summed E-state index contributed by atoms with van der Waals surface area (Å²) in [5.41, 5.74) is 0.471. The minimum Gasteiger partial charge on any atom is -0.348 e. The van der Waals surface area contributed by atoms with Gasteiger partial charge in [-0.15, -0.1) is 11.8 Å². The molecule has 2 rings (SSSR count). The van der Waals surface area contributed by atoms with Crippen molar-refractivity contribution in [2.45, 2.75) is 71.5 Å². The summed E-state index contributed by atoms with van der Waals surface area (Å²) in [4.78, 5) is 0. The molecule has 1 aliphatic heterocycles. The second kappa shape index (κ2) is 6.29. The molecule has 1 aliphatic carbocycles. The van der Waals surface area contributed by atoms with Crippen LogP contribution < -0.4 is 0 Å². The first-order valence-electron chi connectivity index (χ1n) is 7.77. The molecule has 2 fully saturated rings. The first-order chi connectivity index (χ1) is 9.10. The monoisotopic (exact) mass is 264 g/mol. The molecule has 0 aromatic carbocycles. The van der Waals surface area contributed by atoms with Gasteiger partial charge in [-0.2, -0.15) is 0 Å². The summed E-state index contributed by atoms with van der Waals surface area (Å²) in [5, 5.41) is 0. The summed E-state index contributed by atoms with van der Waals surface area (Å²) < 4.78 is 11.7. The SMILES string of the molecule is CC#CCCC1(CC(C)C)CCC2(CC1)OCCO2. The van der Waals surface area contributed by atoms with Crippen molar-refractivity contribution >= 4 is 0 Å². The van der Waals surface area contributed by atoms with E-state index in [1.165, 1.54) is 25.7 Å². The lowest BCUT2D eigenvalue weighted by molar-refractivity contribution is -0.193. The van der Waals surface area contributed by atoms with Crippen molar-refractivity contribution in [2.75, 3.05) is 13.2 Å². The van der Waals surface area contributed by atoms with Gasteiger partial charge in [-0.1, -0.05) is 13.8 Å². The van der Waals surface area contributed by atoms with E-state index in [-0.39, 0.29) is 5.79 Å². The molecule has 1 spiro atoms. The average Bonchev–Trinajstić information content (AvgIpc) is 2.82. The Balaban J connectivity index is 1.97. The van der Waals surface area contributed by atoms with Gasteiger partial charge in [-0.05, 0) is 43.9 Å². The first kappa shape index (κ1) is 14.9. The normalized spacial score (nSPS) is 24.4. The molecule has 0 radical (unpaired) electrons. The Hall–Kier alpha value is -0.520. The van der Waals surface area contributed by atoms with E-state index in [9.17, 15) is 0 Å². The van der Waals surface area contributed by atoms with Crippen molar-refractivity contribution in [3.05, 3.63) is 0 Å². The van der Waals surface area contributed by atoms with Crippen LogP contribution in [0.3, 0.4) is 0 Å². The molecule has 2 nitrogen and oxygen atoms in total. The van der Waals surface area contributed by atoms with Crippen LogP contribution in [0.1, 0.15) is 65.7 Å². The van der Waals surface area contributed by atoms with E-state index in [4.69, 9.17) is 9.47 Å². The van der Waals surface area contributed by atoms with E-state index in [0.717, 1.165) is 38.4 Å². The van der Waals surface area contributed by atoms with Crippen molar-refractivity contribution in [1.29, 1.82) is 0 Å². The third-order valence-corrected chi connectivity index (χ3v) is 4.68. The molecule has 0 aromatic rings. The van der Waals surface area contributed by atoms with Gasteiger partial charge in [0.25, 0.3) is 0 Å². The molecular weight excluding hydrogens is 236 g/mol. The van der Waals surface area contributed by atoms with E-state index in [2.05, 4.69) is 25.7 Å². The van der Waals surface area contributed by atoms with Crippen LogP contribution >= 0.6 is 0 Å². The Kier molecular flexibility index (Phi) is 4.92. The molecular formula is C17H28O2. The van der Waals surface area contributed by atoms with Crippen LogP contribution in [0.4, 0.5) is 0 Å². The molecule has 1 heterocycles. The standard InChI is InChI=1S/C17H28O2/c1-4-5-6-7-16(14-15(2)3)8-10-17(11-9-16)18-12-13-19-17/h15H,6-14H2,1-3H3. The van der Waals surface area contributed by atoms with Crippen LogP contribution in [-0.4, -0.2) is 19.0 Å². The van der Waals surface area contributed by atoms with Gasteiger partial charge in [-0.3, -0.25) is 0 Å². The second-order valence-electron chi connectivity index (χ2n) is 6.63. The molecule has 19 heavy (non-hydrogen) atoms. The highest BCUT2D eigenvalue weighted by atomic mass is 16.7. The van der Waals surface area contributed by atoms with Gasteiger partial charge in [0.2, 0.25) is 0 Å². The molecule has 108 valence electrons. The minimum atomic E-state index is -0.225. The van der Waals surface area contributed by atoms with Crippen LogP contribution in [0, 0.1) is 23.2 Å². The quantitative estimate of drug-likeness (QED) is 0.710. The van der Waals surface area contributed by atoms with Gasteiger partial charge in [0.1, 0.15) is 0 Å². The fourth-order valence-electron chi connectivity index (χ4n) is 3.82. The predicted molar refractivity (Wildman–Crippen MR) is 77.7 cm³/mol. The van der Waals surface area contributed by atoms with E-state index in [0.29, 0.717) is 5.41 Å². The molecule has 0 N–H and O–H groups in total. The van der Waals surface area contributed by atoms with Crippen LogP contribution in [0.2, 0.25) is 0 Å². The molecule has 1 saturated carbocycles. The van der Waals surface area contributed by atoms with Gasteiger partial charge in [0, 0.05) is 19.3 Å².